The fourth-order valence-corrected chi connectivity index (χ4v) is 5.62. The lowest BCUT2D eigenvalue weighted by molar-refractivity contribution is -0.136. The molecular formula is C24H19ClFN5O5S. The number of benzene rings is 2. The van der Waals surface area contributed by atoms with Crippen LogP contribution in [-0.4, -0.2) is 45.6 Å². The Bertz CT molecular complexity index is 1540. The molecule has 0 radical (unpaired) electrons. The lowest BCUT2D eigenvalue weighted by atomic mass is 10.0. The van der Waals surface area contributed by atoms with Crippen molar-refractivity contribution in [1.29, 1.82) is 0 Å². The van der Waals surface area contributed by atoms with E-state index >= 15 is 0 Å². The molecule has 1 fully saturated rings. The van der Waals surface area contributed by atoms with Crippen molar-refractivity contribution in [3.05, 3.63) is 57.3 Å². The first-order valence-corrected chi connectivity index (χ1v) is 12.3. The number of thiazole rings is 1. The number of amides is 6. The topological polar surface area (TPSA) is 138 Å². The maximum Gasteiger partial charge on any atom is 0.319 e. The molecule has 2 aliphatic rings. The number of hydrogen-bond donors (Lipinski definition) is 3. The molecule has 5 rings (SSSR count). The molecule has 1 saturated heterocycles. The highest BCUT2D eigenvalue weighted by Gasteiger charge is 2.44. The maximum absolute atomic E-state index is 14.2. The Kier molecular flexibility index (Phi) is 5.95. The molecule has 3 heterocycles. The summed E-state index contributed by atoms with van der Waals surface area (Å²) < 4.78 is 14.8. The number of nitrogens with zero attached hydrogens (tertiary/aromatic N) is 2. The number of carbonyl (C=O) groups is 5. The number of fused-ring (bicyclic) bond motifs is 2. The summed E-state index contributed by atoms with van der Waals surface area (Å²) in [6.07, 6.45) is 0.0571. The summed E-state index contributed by atoms with van der Waals surface area (Å²) in [4.78, 5) is 67.4. The highest BCUT2D eigenvalue weighted by Crippen LogP contribution is 2.33. The van der Waals surface area contributed by atoms with Gasteiger partial charge in [-0.3, -0.25) is 29.4 Å². The van der Waals surface area contributed by atoms with Crippen molar-refractivity contribution in [2.24, 2.45) is 0 Å². The normalized spacial score (nSPS) is 17.7. The van der Waals surface area contributed by atoms with Gasteiger partial charge in [0.1, 0.15) is 16.6 Å². The number of carbonyl (C=O) groups excluding carboxylic acids is 5. The van der Waals surface area contributed by atoms with Gasteiger partial charge in [-0.05, 0) is 50.6 Å². The molecule has 0 bridgehead atoms. The first-order valence-electron chi connectivity index (χ1n) is 11.2. The molecule has 6 amide bonds. The predicted molar refractivity (Wildman–Crippen MR) is 133 cm³/mol. The average Bonchev–Trinajstić information content (AvgIpc) is 3.34. The fraction of sp³-hybridized carbons (Fsp3) is 0.250. The van der Waals surface area contributed by atoms with Gasteiger partial charge in [0, 0.05) is 17.1 Å². The molecule has 10 nitrogen and oxygen atoms in total. The van der Waals surface area contributed by atoms with E-state index in [9.17, 15) is 28.4 Å². The lowest BCUT2D eigenvalue weighted by Crippen LogP contribution is -2.54. The van der Waals surface area contributed by atoms with Crippen molar-refractivity contribution in [2.75, 3.05) is 5.32 Å². The Morgan fingerprint density at radius 2 is 1.89 bits per heavy atom. The molecule has 190 valence electrons. The number of urea groups is 1. The monoisotopic (exact) mass is 543 g/mol. The van der Waals surface area contributed by atoms with Crippen LogP contribution >= 0.6 is 22.9 Å². The van der Waals surface area contributed by atoms with Crippen molar-refractivity contribution in [2.45, 2.75) is 38.3 Å². The number of halogens is 2. The summed E-state index contributed by atoms with van der Waals surface area (Å²) in [6.45, 7) is 3.40. The van der Waals surface area contributed by atoms with E-state index in [1.807, 2.05) is 0 Å². The van der Waals surface area contributed by atoms with Crippen LogP contribution in [-0.2, 0) is 15.1 Å². The first kappa shape index (κ1) is 24.8. The highest BCUT2D eigenvalue weighted by atomic mass is 35.5. The van der Waals surface area contributed by atoms with Crippen molar-refractivity contribution in [3.8, 4) is 0 Å². The smallest absolute Gasteiger partial charge is 0.319 e. The second-order valence-electron chi connectivity index (χ2n) is 9.17. The second kappa shape index (κ2) is 8.89. The molecule has 1 unspecified atom stereocenters. The van der Waals surface area contributed by atoms with E-state index < -0.39 is 47.1 Å². The van der Waals surface area contributed by atoms with E-state index in [-0.39, 0.29) is 40.2 Å². The standard InChI is InChI=1S/C24H19ClFN5O5S/c1-24(2,22-29-18-14(26)7-10(25)8-16(18)37-22)30-23(36)27-11-3-4-12-13(9-11)21(35)31(20(12)34)15-5-6-17(32)28-19(15)33/h3-4,7-9,15H,5-6H2,1-2H3,(H2,27,30,36)(H,28,32,33). The third-order valence-corrected chi connectivity index (χ3v) is 7.62. The molecule has 0 aliphatic carbocycles. The molecule has 2 aromatic carbocycles. The number of aromatic nitrogens is 1. The van der Waals surface area contributed by atoms with Crippen LogP contribution in [0.1, 0.15) is 52.4 Å². The third kappa shape index (κ3) is 4.42. The fourth-order valence-electron chi connectivity index (χ4n) is 4.27. The van der Waals surface area contributed by atoms with Gasteiger partial charge in [-0.15, -0.1) is 11.3 Å². The zero-order chi connectivity index (χ0) is 26.6. The van der Waals surface area contributed by atoms with Crippen LogP contribution in [0.4, 0.5) is 14.9 Å². The van der Waals surface area contributed by atoms with Gasteiger partial charge in [-0.25, -0.2) is 14.2 Å². The number of piperidine rings is 1. The molecule has 0 saturated carbocycles. The summed E-state index contributed by atoms with van der Waals surface area (Å²) in [7, 11) is 0. The molecule has 3 aromatic rings. The molecule has 2 aliphatic heterocycles. The van der Waals surface area contributed by atoms with Gasteiger partial charge in [0.05, 0.1) is 21.4 Å². The summed E-state index contributed by atoms with van der Waals surface area (Å²) >= 11 is 7.12. The quantitative estimate of drug-likeness (QED) is 0.430. The van der Waals surface area contributed by atoms with Crippen molar-refractivity contribution in [1.82, 2.24) is 20.5 Å². The minimum Gasteiger partial charge on any atom is -0.326 e. The van der Waals surface area contributed by atoms with Crippen LogP contribution in [0, 0.1) is 5.82 Å². The summed E-state index contributed by atoms with van der Waals surface area (Å²) in [5.74, 6) is -3.06. The van der Waals surface area contributed by atoms with Crippen LogP contribution in [0.15, 0.2) is 30.3 Å². The van der Waals surface area contributed by atoms with Gasteiger partial charge in [-0.2, -0.15) is 0 Å². The Hall–Kier alpha value is -3.90. The van der Waals surface area contributed by atoms with Crippen LogP contribution < -0.4 is 16.0 Å². The van der Waals surface area contributed by atoms with Gasteiger partial charge in [0.25, 0.3) is 11.8 Å². The van der Waals surface area contributed by atoms with Gasteiger partial charge in [-0.1, -0.05) is 11.6 Å². The lowest BCUT2D eigenvalue weighted by Gasteiger charge is -2.27. The predicted octanol–water partition coefficient (Wildman–Crippen LogP) is 3.55. The largest absolute Gasteiger partial charge is 0.326 e. The third-order valence-electron chi connectivity index (χ3n) is 6.07. The van der Waals surface area contributed by atoms with E-state index in [1.165, 1.54) is 35.6 Å². The van der Waals surface area contributed by atoms with Crippen LogP contribution in [0.25, 0.3) is 10.2 Å². The van der Waals surface area contributed by atoms with E-state index in [0.717, 1.165) is 4.90 Å². The van der Waals surface area contributed by atoms with Crippen LogP contribution in [0.3, 0.4) is 0 Å². The van der Waals surface area contributed by atoms with Crippen molar-refractivity contribution >= 4 is 68.5 Å². The highest BCUT2D eigenvalue weighted by molar-refractivity contribution is 7.18. The van der Waals surface area contributed by atoms with Crippen LogP contribution in [0.2, 0.25) is 5.02 Å². The summed E-state index contributed by atoms with van der Waals surface area (Å²) in [6, 6.07) is 5.26. The number of rotatable bonds is 4. The average molecular weight is 544 g/mol. The first-order chi connectivity index (χ1) is 17.4. The van der Waals surface area contributed by atoms with Gasteiger partial charge in [0.2, 0.25) is 11.8 Å². The molecule has 3 N–H and O–H groups in total. The Morgan fingerprint density at radius 1 is 1.16 bits per heavy atom. The summed E-state index contributed by atoms with van der Waals surface area (Å²) in [5.41, 5.74) is -0.471. The van der Waals surface area contributed by atoms with Crippen molar-refractivity contribution in [3.63, 3.8) is 0 Å². The van der Waals surface area contributed by atoms with E-state index in [1.54, 1.807) is 19.9 Å². The molecule has 37 heavy (non-hydrogen) atoms. The van der Waals surface area contributed by atoms with Gasteiger partial charge >= 0.3 is 6.03 Å². The molecule has 1 aromatic heterocycles. The summed E-state index contributed by atoms with van der Waals surface area (Å²) in [5, 5.41) is 8.22. The molecular weight excluding hydrogens is 525 g/mol. The Balaban J connectivity index is 1.32. The minimum absolute atomic E-state index is 0.0148. The number of anilines is 1. The van der Waals surface area contributed by atoms with E-state index in [0.29, 0.717) is 9.71 Å². The number of hydrogen-bond acceptors (Lipinski definition) is 7. The second-order valence-corrected chi connectivity index (χ2v) is 10.6. The number of nitrogens with one attached hydrogen (secondary N) is 3. The van der Waals surface area contributed by atoms with Crippen LogP contribution in [0.5, 0.6) is 0 Å². The zero-order valence-corrected chi connectivity index (χ0v) is 21.1. The minimum atomic E-state index is -1.08. The van der Waals surface area contributed by atoms with Gasteiger partial charge in [0.15, 0.2) is 5.82 Å². The van der Waals surface area contributed by atoms with E-state index in [2.05, 4.69) is 20.9 Å². The Morgan fingerprint density at radius 3 is 2.62 bits per heavy atom. The molecule has 0 spiro atoms. The van der Waals surface area contributed by atoms with E-state index in [4.69, 9.17) is 11.6 Å². The zero-order valence-electron chi connectivity index (χ0n) is 19.5. The van der Waals surface area contributed by atoms with Crippen molar-refractivity contribution < 1.29 is 28.4 Å². The molecule has 13 heteroatoms. The maximum atomic E-state index is 14.2. The number of imide groups is 2. The molecule has 1 atom stereocenters. The van der Waals surface area contributed by atoms with Gasteiger partial charge < -0.3 is 10.6 Å². The Labute approximate surface area is 218 Å². The SMILES string of the molecule is CC(C)(NC(=O)Nc1ccc2c(c1)C(=O)N(C1CCC(=O)NC1=O)C2=O)c1nc2c(F)cc(Cl)cc2s1.